The third-order valence-corrected chi connectivity index (χ3v) is 5.50. The average molecular weight is 462 g/mol. The van der Waals surface area contributed by atoms with Crippen LogP contribution in [0.4, 0.5) is 5.69 Å². The van der Waals surface area contributed by atoms with Crippen LogP contribution in [0.1, 0.15) is 21.5 Å². The second-order valence-corrected chi connectivity index (χ2v) is 8.20. The zero-order chi connectivity index (χ0) is 22.9. The van der Waals surface area contributed by atoms with Crippen LogP contribution < -0.4 is 15.4 Å². The van der Waals surface area contributed by atoms with Crippen molar-refractivity contribution < 1.29 is 14.3 Å². The maximum atomic E-state index is 12.6. The minimum Gasteiger partial charge on any atom is -0.489 e. The number of ether oxygens (including phenoxy) is 2. The lowest BCUT2D eigenvalue weighted by Gasteiger charge is -2.26. The normalized spacial score (nSPS) is 13.8. The quantitative estimate of drug-likeness (QED) is 0.514. The standard InChI is InChI=1S/C26H27N3O3S/c30-25(22-7-4-8-24(17-22)32-19-21-5-2-1-3-6-21)28-26(33)27-23-11-9-20(10-12-23)18-29-13-15-31-16-14-29/h1-12,17H,13-16,18-19H2,(H2,27,28,30,33). The van der Waals surface area contributed by atoms with E-state index in [2.05, 4.69) is 27.7 Å². The van der Waals surface area contributed by atoms with E-state index in [1.807, 2.05) is 48.5 Å². The van der Waals surface area contributed by atoms with E-state index in [0.29, 0.717) is 17.9 Å². The molecule has 7 heteroatoms. The molecule has 1 aliphatic heterocycles. The summed E-state index contributed by atoms with van der Waals surface area (Å²) in [5.74, 6) is 0.336. The number of hydrogen-bond donors (Lipinski definition) is 2. The van der Waals surface area contributed by atoms with E-state index in [9.17, 15) is 4.79 Å². The van der Waals surface area contributed by atoms with Gasteiger partial charge in [0.2, 0.25) is 0 Å². The predicted octanol–water partition coefficient (Wildman–Crippen LogP) is 4.22. The van der Waals surface area contributed by atoms with Crippen LogP contribution in [0.5, 0.6) is 5.75 Å². The molecule has 0 radical (unpaired) electrons. The van der Waals surface area contributed by atoms with E-state index in [4.69, 9.17) is 21.7 Å². The van der Waals surface area contributed by atoms with Crippen molar-refractivity contribution in [3.8, 4) is 5.75 Å². The second kappa shape index (κ2) is 11.6. The van der Waals surface area contributed by atoms with Gasteiger partial charge in [0, 0.05) is 30.9 Å². The molecule has 0 saturated carbocycles. The summed E-state index contributed by atoms with van der Waals surface area (Å²) in [6.45, 7) is 4.81. The number of nitrogens with zero attached hydrogens (tertiary/aromatic N) is 1. The Morgan fingerprint density at radius 1 is 0.939 bits per heavy atom. The zero-order valence-electron chi connectivity index (χ0n) is 18.3. The van der Waals surface area contributed by atoms with Crippen LogP contribution in [-0.2, 0) is 17.9 Å². The van der Waals surface area contributed by atoms with E-state index in [0.717, 1.165) is 44.1 Å². The Hall–Kier alpha value is -3.26. The van der Waals surface area contributed by atoms with Gasteiger partial charge in [0.15, 0.2) is 5.11 Å². The van der Waals surface area contributed by atoms with E-state index in [1.54, 1.807) is 18.2 Å². The van der Waals surface area contributed by atoms with Gasteiger partial charge in [-0.15, -0.1) is 0 Å². The van der Waals surface area contributed by atoms with Gasteiger partial charge in [-0.1, -0.05) is 48.5 Å². The lowest BCUT2D eigenvalue weighted by molar-refractivity contribution is 0.0342. The molecule has 1 aliphatic rings. The van der Waals surface area contributed by atoms with Gasteiger partial charge in [-0.3, -0.25) is 15.0 Å². The van der Waals surface area contributed by atoms with E-state index < -0.39 is 0 Å². The first-order chi connectivity index (χ1) is 16.2. The molecular weight excluding hydrogens is 434 g/mol. The molecule has 33 heavy (non-hydrogen) atoms. The van der Waals surface area contributed by atoms with Crippen LogP contribution in [0.25, 0.3) is 0 Å². The summed E-state index contributed by atoms with van der Waals surface area (Å²) in [6.07, 6.45) is 0. The maximum absolute atomic E-state index is 12.6. The highest BCUT2D eigenvalue weighted by Crippen LogP contribution is 2.16. The number of carbonyl (C=O) groups excluding carboxylic acids is 1. The Morgan fingerprint density at radius 3 is 2.45 bits per heavy atom. The summed E-state index contributed by atoms with van der Waals surface area (Å²) < 4.78 is 11.2. The van der Waals surface area contributed by atoms with Crippen LogP contribution in [0.15, 0.2) is 78.9 Å². The molecule has 3 aromatic carbocycles. The molecule has 0 aliphatic carbocycles. The van der Waals surface area contributed by atoms with Crippen molar-refractivity contribution in [3.63, 3.8) is 0 Å². The smallest absolute Gasteiger partial charge is 0.257 e. The predicted molar refractivity (Wildman–Crippen MR) is 133 cm³/mol. The zero-order valence-corrected chi connectivity index (χ0v) is 19.1. The van der Waals surface area contributed by atoms with Crippen molar-refractivity contribution in [3.05, 3.63) is 95.6 Å². The fourth-order valence-electron chi connectivity index (χ4n) is 3.52. The molecule has 6 nitrogen and oxygen atoms in total. The molecule has 1 fully saturated rings. The summed E-state index contributed by atoms with van der Waals surface area (Å²) >= 11 is 5.33. The summed E-state index contributed by atoms with van der Waals surface area (Å²) in [5, 5.41) is 6.05. The summed E-state index contributed by atoms with van der Waals surface area (Å²) in [7, 11) is 0. The Bertz CT molecular complexity index is 1070. The van der Waals surface area contributed by atoms with E-state index >= 15 is 0 Å². The van der Waals surface area contributed by atoms with Gasteiger partial charge in [-0.05, 0) is 53.7 Å². The van der Waals surface area contributed by atoms with Crippen molar-refractivity contribution in [2.24, 2.45) is 0 Å². The topological polar surface area (TPSA) is 62.8 Å². The minimum atomic E-state index is -0.290. The van der Waals surface area contributed by atoms with Gasteiger partial charge in [0.1, 0.15) is 12.4 Å². The van der Waals surface area contributed by atoms with Crippen LogP contribution >= 0.6 is 12.2 Å². The Kier molecular flexibility index (Phi) is 8.03. The van der Waals surface area contributed by atoms with Gasteiger partial charge in [-0.25, -0.2) is 0 Å². The first-order valence-electron chi connectivity index (χ1n) is 10.9. The molecule has 3 aromatic rings. The van der Waals surface area contributed by atoms with Crippen molar-refractivity contribution >= 4 is 28.9 Å². The third-order valence-electron chi connectivity index (χ3n) is 5.29. The summed E-state index contributed by atoms with van der Waals surface area (Å²) in [5.41, 5.74) is 3.59. The molecule has 0 bridgehead atoms. The Morgan fingerprint density at radius 2 is 1.70 bits per heavy atom. The third kappa shape index (κ3) is 7.12. The molecule has 2 N–H and O–H groups in total. The SMILES string of the molecule is O=C(NC(=S)Nc1ccc(CN2CCOCC2)cc1)c1cccc(OCc2ccccc2)c1. The lowest BCUT2D eigenvalue weighted by Crippen LogP contribution is -2.35. The number of anilines is 1. The van der Waals surface area contributed by atoms with Gasteiger partial charge >= 0.3 is 0 Å². The summed E-state index contributed by atoms with van der Waals surface area (Å²) in [6, 6.07) is 25.0. The molecule has 0 spiro atoms. The lowest BCUT2D eigenvalue weighted by atomic mass is 10.2. The van der Waals surface area contributed by atoms with Gasteiger partial charge in [0.05, 0.1) is 13.2 Å². The molecule has 0 unspecified atom stereocenters. The maximum Gasteiger partial charge on any atom is 0.257 e. The number of benzene rings is 3. The summed E-state index contributed by atoms with van der Waals surface area (Å²) in [4.78, 5) is 15.0. The number of thiocarbonyl (C=S) groups is 1. The molecule has 1 saturated heterocycles. The average Bonchev–Trinajstić information content (AvgIpc) is 2.85. The van der Waals surface area contributed by atoms with Crippen molar-refractivity contribution in [2.45, 2.75) is 13.2 Å². The number of nitrogens with one attached hydrogen (secondary N) is 2. The van der Waals surface area contributed by atoms with Gasteiger partial charge < -0.3 is 14.8 Å². The van der Waals surface area contributed by atoms with E-state index in [1.165, 1.54) is 5.56 Å². The number of rotatable bonds is 7. The van der Waals surface area contributed by atoms with Gasteiger partial charge in [-0.2, -0.15) is 0 Å². The molecule has 170 valence electrons. The molecular formula is C26H27N3O3S. The van der Waals surface area contributed by atoms with Crippen LogP contribution in [-0.4, -0.2) is 42.2 Å². The monoisotopic (exact) mass is 461 g/mol. The minimum absolute atomic E-state index is 0.247. The Labute approximate surface area is 199 Å². The van der Waals surface area contributed by atoms with Crippen LogP contribution in [0, 0.1) is 0 Å². The first kappa shape index (κ1) is 22.9. The number of carbonyl (C=O) groups is 1. The van der Waals surface area contributed by atoms with E-state index in [-0.39, 0.29) is 11.0 Å². The first-order valence-corrected chi connectivity index (χ1v) is 11.3. The molecule has 1 heterocycles. The fraction of sp³-hybridized carbons (Fsp3) is 0.231. The van der Waals surface area contributed by atoms with Crippen LogP contribution in [0.3, 0.4) is 0 Å². The molecule has 4 rings (SSSR count). The molecule has 1 amide bonds. The number of hydrogen-bond acceptors (Lipinski definition) is 5. The van der Waals surface area contributed by atoms with Crippen molar-refractivity contribution in [1.82, 2.24) is 10.2 Å². The number of amides is 1. The highest BCUT2D eigenvalue weighted by molar-refractivity contribution is 7.80. The molecule has 0 atom stereocenters. The van der Waals surface area contributed by atoms with Crippen molar-refractivity contribution in [1.29, 1.82) is 0 Å². The fourth-order valence-corrected chi connectivity index (χ4v) is 3.73. The largest absolute Gasteiger partial charge is 0.489 e. The van der Waals surface area contributed by atoms with Crippen LogP contribution in [0.2, 0.25) is 0 Å². The highest BCUT2D eigenvalue weighted by Gasteiger charge is 2.12. The van der Waals surface area contributed by atoms with Gasteiger partial charge in [0.25, 0.3) is 5.91 Å². The highest BCUT2D eigenvalue weighted by atomic mass is 32.1. The number of morpholine rings is 1. The molecule has 0 aromatic heterocycles. The second-order valence-electron chi connectivity index (χ2n) is 7.80. The Balaban J connectivity index is 1.27. The van der Waals surface area contributed by atoms with Crippen molar-refractivity contribution in [2.75, 3.05) is 31.6 Å².